The molecule has 29 heavy (non-hydrogen) atoms. The molecule has 0 atom stereocenters. The third-order valence-electron chi connectivity index (χ3n) is 4.38. The highest BCUT2D eigenvalue weighted by molar-refractivity contribution is 7.17. The van der Waals surface area contributed by atoms with Crippen LogP contribution < -0.4 is 10.6 Å². The summed E-state index contributed by atoms with van der Waals surface area (Å²) in [6, 6.07) is 15.1. The largest absolute Gasteiger partial charge is 0.352 e. The molecule has 4 nitrogen and oxygen atoms in total. The van der Waals surface area contributed by atoms with E-state index in [1.807, 2.05) is 20.8 Å². The van der Waals surface area contributed by atoms with Gasteiger partial charge in [-0.25, -0.2) is 4.39 Å². The lowest BCUT2D eigenvalue weighted by molar-refractivity contribution is 0.0948. The monoisotopic (exact) mass is 410 g/mol. The second kappa shape index (κ2) is 9.01. The molecule has 0 aliphatic carbocycles. The molecule has 0 spiro atoms. The van der Waals surface area contributed by atoms with Crippen LogP contribution in [0.3, 0.4) is 0 Å². The van der Waals surface area contributed by atoms with Crippen molar-refractivity contribution in [3.63, 3.8) is 0 Å². The minimum absolute atomic E-state index is 0.132. The van der Waals surface area contributed by atoms with Crippen LogP contribution in [0.4, 0.5) is 10.1 Å². The van der Waals surface area contributed by atoms with Crippen molar-refractivity contribution in [3.05, 3.63) is 76.4 Å². The summed E-state index contributed by atoms with van der Waals surface area (Å²) in [5.41, 5.74) is 2.46. The van der Waals surface area contributed by atoms with E-state index in [0.29, 0.717) is 39.0 Å². The molecule has 3 aromatic rings. The van der Waals surface area contributed by atoms with Gasteiger partial charge in [-0.15, -0.1) is 11.3 Å². The van der Waals surface area contributed by atoms with E-state index in [4.69, 9.17) is 0 Å². The fourth-order valence-corrected chi connectivity index (χ4v) is 3.72. The Labute approximate surface area is 173 Å². The van der Waals surface area contributed by atoms with E-state index < -0.39 is 0 Å². The van der Waals surface area contributed by atoms with Crippen LogP contribution in [0, 0.1) is 18.7 Å². The minimum atomic E-state index is -0.316. The molecule has 1 aromatic heterocycles. The Kier molecular flexibility index (Phi) is 6.44. The first-order valence-corrected chi connectivity index (χ1v) is 10.2. The summed E-state index contributed by atoms with van der Waals surface area (Å²) < 4.78 is 14.0. The SMILES string of the molecule is Cc1cc(C(=O)NCC(C)C)ccc1NC(=O)c1ccc(-c2ccccc2F)s1. The Bertz CT molecular complexity index is 1040. The minimum Gasteiger partial charge on any atom is -0.352 e. The molecule has 0 radical (unpaired) electrons. The van der Waals surface area contributed by atoms with Gasteiger partial charge >= 0.3 is 0 Å². The number of benzene rings is 2. The zero-order chi connectivity index (χ0) is 21.0. The number of halogens is 1. The van der Waals surface area contributed by atoms with E-state index in [1.165, 1.54) is 17.4 Å². The number of anilines is 1. The average Bonchev–Trinajstić information content (AvgIpc) is 3.18. The van der Waals surface area contributed by atoms with Gasteiger partial charge in [0.25, 0.3) is 11.8 Å². The Balaban J connectivity index is 1.71. The van der Waals surface area contributed by atoms with Gasteiger partial charge in [-0.05, 0) is 54.8 Å². The quantitative estimate of drug-likeness (QED) is 0.564. The lowest BCUT2D eigenvalue weighted by Gasteiger charge is -2.11. The van der Waals surface area contributed by atoms with E-state index >= 15 is 0 Å². The predicted octanol–water partition coefficient (Wildman–Crippen LogP) is 5.50. The second-order valence-electron chi connectivity index (χ2n) is 7.23. The topological polar surface area (TPSA) is 58.2 Å². The summed E-state index contributed by atoms with van der Waals surface area (Å²) in [5, 5.41) is 5.75. The summed E-state index contributed by atoms with van der Waals surface area (Å²) in [6.45, 7) is 6.52. The van der Waals surface area contributed by atoms with Gasteiger partial charge in [0, 0.05) is 28.2 Å². The summed E-state index contributed by atoms with van der Waals surface area (Å²) in [5.74, 6) is -0.340. The van der Waals surface area contributed by atoms with Crippen LogP contribution in [0.2, 0.25) is 0 Å². The third kappa shape index (κ3) is 5.09. The van der Waals surface area contributed by atoms with Gasteiger partial charge < -0.3 is 10.6 Å². The lowest BCUT2D eigenvalue weighted by atomic mass is 10.1. The molecule has 1 heterocycles. The van der Waals surface area contributed by atoms with Gasteiger partial charge in [-0.3, -0.25) is 9.59 Å². The van der Waals surface area contributed by atoms with Gasteiger partial charge in [0.05, 0.1) is 4.88 Å². The highest BCUT2D eigenvalue weighted by Gasteiger charge is 2.14. The third-order valence-corrected chi connectivity index (χ3v) is 5.49. The van der Waals surface area contributed by atoms with Crippen molar-refractivity contribution in [2.45, 2.75) is 20.8 Å². The fraction of sp³-hybridized carbons (Fsp3) is 0.217. The number of thiophene rings is 1. The highest BCUT2D eigenvalue weighted by atomic mass is 32.1. The molecule has 0 saturated carbocycles. The number of rotatable bonds is 6. The van der Waals surface area contributed by atoms with Crippen molar-refractivity contribution < 1.29 is 14.0 Å². The molecule has 2 aromatic carbocycles. The molecule has 0 aliphatic rings. The van der Waals surface area contributed by atoms with Crippen LogP contribution in [0.1, 0.15) is 39.4 Å². The molecule has 0 aliphatic heterocycles. The van der Waals surface area contributed by atoms with Crippen LogP contribution in [0.5, 0.6) is 0 Å². The molecule has 2 amide bonds. The smallest absolute Gasteiger partial charge is 0.265 e. The summed E-state index contributed by atoms with van der Waals surface area (Å²) in [6.07, 6.45) is 0. The van der Waals surface area contributed by atoms with E-state index in [9.17, 15) is 14.0 Å². The molecular formula is C23H23FN2O2S. The van der Waals surface area contributed by atoms with Crippen LogP contribution in [0.25, 0.3) is 10.4 Å². The van der Waals surface area contributed by atoms with E-state index in [1.54, 1.807) is 48.5 Å². The van der Waals surface area contributed by atoms with E-state index in [0.717, 1.165) is 5.56 Å². The van der Waals surface area contributed by atoms with Gasteiger partial charge in [-0.1, -0.05) is 32.0 Å². The number of hydrogen-bond donors (Lipinski definition) is 2. The van der Waals surface area contributed by atoms with Crippen molar-refractivity contribution in [1.82, 2.24) is 5.32 Å². The van der Waals surface area contributed by atoms with Crippen molar-refractivity contribution in [2.24, 2.45) is 5.92 Å². The molecule has 0 unspecified atom stereocenters. The second-order valence-corrected chi connectivity index (χ2v) is 8.32. The van der Waals surface area contributed by atoms with Crippen LogP contribution >= 0.6 is 11.3 Å². The maximum absolute atomic E-state index is 14.0. The molecule has 150 valence electrons. The normalized spacial score (nSPS) is 10.8. The van der Waals surface area contributed by atoms with E-state index in [2.05, 4.69) is 10.6 Å². The van der Waals surface area contributed by atoms with Crippen LogP contribution in [-0.4, -0.2) is 18.4 Å². The Morgan fingerprint density at radius 3 is 2.48 bits per heavy atom. The van der Waals surface area contributed by atoms with E-state index in [-0.39, 0.29) is 17.6 Å². The molecule has 2 N–H and O–H groups in total. The van der Waals surface area contributed by atoms with Gasteiger partial charge in [-0.2, -0.15) is 0 Å². The molecule has 0 saturated heterocycles. The Hall–Kier alpha value is -2.99. The van der Waals surface area contributed by atoms with Crippen molar-refractivity contribution in [3.8, 4) is 10.4 Å². The first-order valence-electron chi connectivity index (χ1n) is 9.40. The van der Waals surface area contributed by atoms with Crippen molar-refractivity contribution in [1.29, 1.82) is 0 Å². The predicted molar refractivity (Wildman–Crippen MR) is 116 cm³/mol. The highest BCUT2D eigenvalue weighted by Crippen LogP contribution is 2.30. The van der Waals surface area contributed by atoms with Crippen LogP contribution in [0.15, 0.2) is 54.6 Å². The van der Waals surface area contributed by atoms with Crippen LogP contribution in [-0.2, 0) is 0 Å². The lowest BCUT2D eigenvalue weighted by Crippen LogP contribution is -2.27. The average molecular weight is 411 g/mol. The summed E-state index contributed by atoms with van der Waals surface area (Å²) in [7, 11) is 0. The molecule has 0 bridgehead atoms. The molecule has 6 heteroatoms. The standard InChI is InChI=1S/C23H23FN2O2S/c1-14(2)13-25-22(27)16-8-9-19(15(3)12-16)26-23(28)21-11-10-20(29-21)17-6-4-5-7-18(17)24/h4-12,14H,13H2,1-3H3,(H,25,27)(H,26,28). The first kappa shape index (κ1) is 20.7. The number of nitrogens with one attached hydrogen (secondary N) is 2. The maximum Gasteiger partial charge on any atom is 0.265 e. The van der Waals surface area contributed by atoms with Gasteiger partial charge in [0.15, 0.2) is 0 Å². The number of carbonyl (C=O) groups is 2. The van der Waals surface area contributed by atoms with Crippen molar-refractivity contribution in [2.75, 3.05) is 11.9 Å². The Morgan fingerprint density at radius 2 is 1.79 bits per heavy atom. The fourth-order valence-electron chi connectivity index (χ4n) is 2.79. The number of hydrogen-bond acceptors (Lipinski definition) is 3. The number of carbonyl (C=O) groups excluding carboxylic acids is 2. The first-order chi connectivity index (χ1) is 13.8. The van der Waals surface area contributed by atoms with Gasteiger partial charge in [0.1, 0.15) is 5.82 Å². The number of amides is 2. The molecule has 3 rings (SSSR count). The zero-order valence-corrected chi connectivity index (χ0v) is 17.4. The number of aryl methyl sites for hydroxylation is 1. The van der Waals surface area contributed by atoms with Gasteiger partial charge in [0.2, 0.25) is 0 Å². The zero-order valence-electron chi connectivity index (χ0n) is 16.6. The molecule has 0 fully saturated rings. The van der Waals surface area contributed by atoms with Crippen molar-refractivity contribution >= 4 is 28.8 Å². The summed E-state index contributed by atoms with van der Waals surface area (Å²) in [4.78, 5) is 26.0. The summed E-state index contributed by atoms with van der Waals surface area (Å²) >= 11 is 1.23. The Morgan fingerprint density at radius 1 is 1.03 bits per heavy atom. The molecular weight excluding hydrogens is 387 g/mol. The maximum atomic E-state index is 14.0.